The second-order valence-corrected chi connectivity index (χ2v) is 9.14. The second-order valence-electron chi connectivity index (χ2n) is 7.37. The van der Waals surface area contributed by atoms with Gasteiger partial charge in [-0.2, -0.15) is 0 Å². The van der Waals surface area contributed by atoms with E-state index in [9.17, 15) is 13.2 Å². The van der Waals surface area contributed by atoms with Gasteiger partial charge in [0.25, 0.3) is 5.91 Å². The van der Waals surface area contributed by atoms with Gasteiger partial charge in [-0.25, -0.2) is 13.1 Å². The minimum Gasteiger partial charge on any atom is -0.496 e. The van der Waals surface area contributed by atoms with Crippen LogP contribution >= 0.6 is 0 Å². The number of amides is 1. The molecular formula is C22H29N3O4S. The summed E-state index contributed by atoms with van der Waals surface area (Å²) in [7, 11) is -0.363. The van der Waals surface area contributed by atoms with Crippen molar-refractivity contribution in [3.05, 3.63) is 54.1 Å². The quantitative estimate of drug-likeness (QED) is 0.695. The van der Waals surface area contributed by atoms with Gasteiger partial charge in [0.05, 0.1) is 17.6 Å². The van der Waals surface area contributed by atoms with Crippen LogP contribution in [0.3, 0.4) is 0 Å². The van der Waals surface area contributed by atoms with Crippen molar-refractivity contribution in [3.8, 4) is 5.75 Å². The van der Waals surface area contributed by atoms with E-state index in [2.05, 4.69) is 4.72 Å². The molecule has 0 aromatic heterocycles. The topological polar surface area (TPSA) is 79.0 Å². The summed E-state index contributed by atoms with van der Waals surface area (Å²) >= 11 is 0. The molecule has 1 aliphatic rings. The lowest BCUT2D eigenvalue weighted by molar-refractivity contribution is 0.0720. The maximum absolute atomic E-state index is 12.9. The normalized spacial score (nSPS) is 14.4. The third-order valence-electron chi connectivity index (χ3n) is 5.29. The van der Waals surface area contributed by atoms with Crippen molar-refractivity contribution >= 4 is 21.6 Å². The number of likely N-dealkylation sites (tertiary alicyclic amines) is 1. The molecule has 30 heavy (non-hydrogen) atoms. The first-order valence-corrected chi connectivity index (χ1v) is 11.6. The van der Waals surface area contributed by atoms with Crippen molar-refractivity contribution in [2.24, 2.45) is 0 Å². The van der Waals surface area contributed by atoms with Crippen LogP contribution in [0.1, 0.15) is 29.6 Å². The largest absolute Gasteiger partial charge is 0.496 e. The number of carbonyl (C=O) groups is 1. The van der Waals surface area contributed by atoms with Gasteiger partial charge in [-0.15, -0.1) is 0 Å². The lowest BCUT2D eigenvalue weighted by atomic mass is 10.1. The van der Waals surface area contributed by atoms with Crippen molar-refractivity contribution in [1.29, 1.82) is 0 Å². The number of ether oxygens (including phenoxy) is 1. The Hall–Kier alpha value is -2.58. The molecule has 1 N–H and O–H groups in total. The van der Waals surface area contributed by atoms with Crippen LogP contribution in [0.4, 0.5) is 5.69 Å². The Morgan fingerprint density at radius 3 is 2.47 bits per heavy atom. The highest BCUT2D eigenvalue weighted by atomic mass is 32.2. The van der Waals surface area contributed by atoms with E-state index in [1.165, 1.54) is 19.2 Å². The minimum atomic E-state index is -3.75. The monoisotopic (exact) mass is 431 g/mol. The second kappa shape index (κ2) is 9.95. The Morgan fingerprint density at radius 2 is 1.80 bits per heavy atom. The van der Waals surface area contributed by atoms with Gasteiger partial charge in [0.15, 0.2) is 0 Å². The van der Waals surface area contributed by atoms with Crippen LogP contribution in [0.2, 0.25) is 0 Å². The zero-order valence-electron chi connectivity index (χ0n) is 17.5. The third kappa shape index (κ3) is 5.31. The van der Waals surface area contributed by atoms with E-state index in [4.69, 9.17) is 4.74 Å². The van der Waals surface area contributed by atoms with Crippen LogP contribution in [0.25, 0.3) is 0 Å². The summed E-state index contributed by atoms with van der Waals surface area (Å²) in [5.74, 6) is 0.195. The number of carbonyl (C=O) groups excluding carboxylic acids is 1. The lowest BCUT2D eigenvalue weighted by Gasteiger charge is -2.27. The van der Waals surface area contributed by atoms with Gasteiger partial charge in [-0.1, -0.05) is 18.2 Å². The SMILES string of the molecule is COc1ccc(S(=O)(=O)NCCN(C)c2ccccc2)cc1C(=O)N1CCCCC1. The molecule has 1 aliphatic heterocycles. The van der Waals surface area contributed by atoms with Gasteiger partial charge in [0, 0.05) is 38.9 Å². The standard InChI is InChI=1S/C22H29N3O4S/c1-24(18-9-5-3-6-10-18)16-13-23-30(27,28)19-11-12-21(29-2)20(17-19)22(26)25-14-7-4-8-15-25/h3,5-6,9-12,17,23H,4,7-8,13-16H2,1-2H3. The third-order valence-corrected chi connectivity index (χ3v) is 6.75. The van der Waals surface area contributed by atoms with Gasteiger partial charge < -0.3 is 14.5 Å². The van der Waals surface area contributed by atoms with Crippen LogP contribution in [-0.4, -0.2) is 59.6 Å². The average Bonchev–Trinajstić information content (AvgIpc) is 2.79. The molecule has 8 heteroatoms. The maximum Gasteiger partial charge on any atom is 0.257 e. The van der Waals surface area contributed by atoms with Crippen LogP contribution in [0.5, 0.6) is 5.75 Å². The van der Waals surface area contributed by atoms with E-state index >= 15 is 0 Å². The number of methoxy groups -OCH3 is 1. The van der Waals surface area contributed by atoms with E-state index in [-0.39, 0.29) is 22.9 Å². The van der Waals surface area contributed by atoms with Crippen LogP contribution in [0.15, 0.2) is 53.4 Å². The summed E-state index contributed by atoms with van der Waals surface area (Å²) < 4.78 is 33.6. The molecule has 1 saturated heterocycles. The molecule has 1 heterocycles. The number of para-hydroxylation sites is 1. The molecule has 162 valence electrons. The van der Waals surface area contributed by atoms with E-state index in [1.807, 2.05) is 42.3 Å². The number of rotatable bonds is 8. The summed E-state index contributed by atoms with van der Waals surface area (Å²) in [5.41, 5.74) is 1.29. The number of sulfonamides is 1. The fourth-order valence-corrected chi connectivity index (χ4v) is 4.58. The fourth-order valence-electron chi connectivity index (χ4n) is 3.53. The minimum absolute atomic E-state index is 0.0611. The number of anilines is 1. The summed E-state index contributed by atoms with van der Waals surface area (Å²) in [6, 6.07) is 14.2. The molecule has 0 spiro atoms. The van der Waals surface area contributed by atoms with Gasteiger partial charge in [0.2, 0.25) is 10.0 Å². The van der Waals surface area contributed by atoms with Crippen molar-refractivity contribution in [2.45, 2.75) is 24.2 Å². The highest BCUT2D eigenvalue weighted by Crippen LogP contribution is 2.25. The maximum atomic E-state index is 12.9. The molecule has 0 bridgehead atoms. The Labute approximate surface area is 178 Å². The smallest absolute Gasteiger partial charge is 0.257 e. The van der Waals surface area contributed by atoms with E-state index in [0.717, 1.165) is 24.9 Å². The fraction of sp³-hybridized carbons (Fsp3) is 0.409. The van der Waals surface area contributed by atoms with Gasteiger partial charge in [-0.05, 0) is 49.6 Å². The van der Waals surface area contributed by atoms with Crippen molar-refractivity contribution in [3.63, 3.8) is 0 Å². The molecule has 0 unspecified atom stereocenters. The van der Waals surface area contributed by atoms with E-state index in [0.29, 0.717) is 25.4 Å². The van der Waals surface area contributed by atoms with Gasteiger partial charge in [0.1, 0.15) is 5.75 Å². The molecule has 0 aliphatic carbocycles. The zero-order valence-corrected chi connectivity index (χ0v) is 18.3. The highest BCUT2D eigenvalue weighted by molar-refractivity contribution is 7.89. The number of hydrogen-bond donors (Lipinski definition) is 1. The number of nitrogens with one attached hydrogen (secondary N) is 1. The highest BCUT2D eigenvalue weighted by Gasteiger charge is 2.24. The number of hydrogen-bond acceptors (Lipinski definition) is 5. The molecule has 7 nitrogen and oxygen atoms in total. The van der Waals surface area contributed by atoms with Crippen molar-refractivity contribution in [1.82, 2.24) is 9.62 Å². The number of benzene rings is 2. The Balaban J connectivity index is 1.71. The molecule has 0 saturated carbocycles. The molecular weight excluding hydrogens is 402 g/mol. The average molecular weight is 432 g/mol. The molecule has 2 aromatic carbocycles. The summed E-state index contributed by atoms with van der Waals surface area (Å²) in [4.78, 5) is 16.7. The van der Waals surface area contributed by atoms with Gasteiger partial charge >= 0.3 is 0 Å². The van der Waals surface area contributed by atoms with E-state index in [1.54, 1.807) is 11.0 Å². The predicted molar refractivity (Wildman–Crippen MR) is 118 cm³/mol. The molecule has 0 atom stereocenters. The lowest BCUT2D eigenvalue weighted by Crippen LogP contribution is -2.36. The Bertz CT molecular complexity index is 958. The summed E-state index contributed by atoms with van der Waals surface area (Å²) in [6.07, 6.45) is 3.03. The van der Waals surface area contributed by atoms with Crippen LogP contribution in [-0.2, 0) is 10.0 Å². The Kier molecular flexibility index (Phi) is 7.33. The first-order valence-electron chi connectivity index (χ1n) is 10.2. The van der Waals surface area contributed by atoms with Crippen LogP contribution in [0, 0.1) is 0 Å². The Morgan fingerprint density at radius 1 is 1.10 bits per heavy atom. The van der Waals surface area contributed by atoms with Crippen molar-refractivity contribution < 1.29 is 17.9 Å². The predicted octanol–water partition coefficient (Wildman–Crippen LogP) is 2.74. The summed E-state index contributed by atoms with van der Waals surface area (Å²) in [6.45, 7) is 2.13. The molecule has 1 amide bonds. The molecule has 2 aromatic rings. The number of nitrogens with zero attached hydrogens (tertiary/aromatic N) is 2. The number of likely N-dealkylation sites (N-methyl/N-ethyl adjacent to an activating group) is 1. The first-order chi connectivity index (χ1) is 14.4. The van der Waals surface area contributed by atoms with Crippen LogP contribution < -0.4 is 14.4 Å². The molecule has 0 radical (unpaired) electrons. The molecule has 3 rings (SSSR count). The first kappa shape index (κ1) is 22.1. The zero-order chi connectivity index (χ0) is 21.6. The van der Waals surface area contributed by atoms with Crippen molar-refractivity contribution in [2.75, 3.05) is 45.2 Å². The summed E-state index contributed by atoms with van der Waals surface area (Å²) in [5, 5.41) is 0. The van der Waals surface area contributed by atoms with Gasteiger partial charge in [-0.3, -0.25) is 4.79 Å². The number of piperidine rings is 1. The molecule has 1 fully saturated rings. The van der Waals surface area contributed by atoms with E-state index < -0.39 is 10.0 Å².